The van der Waals surface area contributed by atoms with Crippen LogP contribution < -0.4 is 0 Å². The number of piperidine rings is 1. The molecule has 132 valence electrons. The lowest BCUT2D eigenvalue weighted by atomic mass is 9.97. The number of carbonyl (C=O) groups excluding carboxylic acids is 1. The minimum atomic E-state index is -0.951. The van der Waals surface area contributed by atoms with Crippen molar-refractivity contribution in [3.05, 3.63) is 53.3 Å². The number of nitrogens with zero attached hydrogens (tertiary/aromatic N) is 3. The zero-order chi connectivity index (χ0) is 18.0. The highest BCUT2D eigenvalue weighted by Crippen LogP contribution is 2.27. The number of amides is 1. The number of carboxylic acid groups (broad SMARTS) is 1. The van der Waals surface area contributed by atoms with Gasteiger partial charge in [0.25, 0.3) is 0 Å². The number of carbonyl (C=O) groups is 2. The lowest BCUT2D eigenvalue weighted by Crippen LogP contribution is -2.41. The van der Waals surface area contributed by atoms with Crippen molar-refractivity contribution in [1.29, 1.82) is 0 Å². The molecule has 1 atom stereocenters. The van der Waals surface area contributed by atoms with Gasteiger partial charge in [0.2, 0.25) is 5.91 Å². The van der Waals surface area contributed by atoms with Crippen LogP contribution >= 0.6 is 0 Å². The molecule has 2 aromatic rings. The number of hydrogen-bond donors (Lipinski definition) is 1. The van der Waals surface area contributed by atoms with Crippen molar-refractivity contribution < 1.29 is 14.7 Å². The fourth-order valence-electron chi connectivity index (χ4n) is 3.49. The fraction of sp³-hybridized carbons (Fsp3) is 0.421. The summed E-state index contributed by atoms with van der Waals surface area (Å²) in [6.45, 7) is 5.07. The Kier molecular flexibility index (Phi) is 4.88. The van der Waals surface area contributed by atoms with Gasteiger partial charge in [0.05, 0.1) is 23.9 Å². The molecule has 1 aromatic heterocycles. The van der Waals surface area contributed by atoms with E-state index in [2.05, 4.69) is 5.10 Å². The second kappa shape index (κ2) is 7.09. The van der Waals surface area contributed by atoms with E-state index in [1.165, 1.54) is 6.20 Å². The normalized spacial score (nSPS) is 16.6. The summed E-state index contributed by atoms with van der Waals surface area (Å²) in [5.41, 5.74) is 1.95. The topological polar surface area (TPSA) is 75.4 Å². The van der Waals surface area contributed by atoms with E-state index in [1.807, 2.05) is 42.2 Å². The van der Waals surface area contributed by atoms with Crippen molar-refractivity contribution in [2.45, 2.75) is 38.6 Å². The summed E-state index contributed by atoms with van der Waals surface area (Å²) in [5.74, 6) is -0.955. The van der Waals surface area contributed by atoms with Crippen molar-refractivity contribution in [3.8, 4) is 0 Å². The Hall–Kier alpha value is -2.63. The summed E-state index contributed by atoms with van der Waals surface area (Å²) in [5, 5.41) is 13.4. The quantitative estimate of drug-likeness (QED) is 0.928. The number of hydrogen-bond acceptors (Lipinski definition) is 3. The first-order valence-corrected chi connectivity index (χ1v) is 8.60. The third-order valence-corrected chi connectivity index (χ3v) is 5.07. The van der Waals surface area contributed by atoms with Crippen LogP contribution in [-0.4, -0.2) is 44.8 Å². The standard InChI is InChI=1S/C19H23N3O3/c1-13(15-6-4-3-5-7-15)18(23)21-10-8-16(9-11-21)22-14(2)17(12-20-22)19(24)25/h3-7,12-13,16H,8-11H2,1-2H3,(H,24,25)/t13-/m0/s1. The van der Waals surface area contributed by atoms with Crippen molar-refractivity contribution in [3.63, 3.8) is 0 Å². The summed E-state index contributed by atoms with van der Waals surface area (Å²) < 4.78 is 1.80. The molecule has 0 aliphatic carbocycles. The first-order valence-electron chi connectivity index (χ1n) is 8.60. The molecule has 0 unspecified atom stereocenters. The van der Waals surface area contributed by atoms with Gasteiger partial charge in [0.15, 0.2) is 0 Å². The Labute approximate surface area is 147 Å². The molecule has 1 aliphatic heterocycles. The Bertz CT molecular complexity index is 761. The molecule has 1 aromatic carbocycles. The number of aromatic carboxylic acids is 1. The monoisotopic (exact) mass is 341 g/mol. The van der Waals surface area contributed by atoms with Crippen molar-refractivity contribution >= 4 is 11.9 Å². The largest absolute Gasteiger partial charge is 0.478 e. The third kappa shape index (κ3) is 3.43. The molecule has 1 aliphatic rings. The minimum absolute atomic E-state index is 0.143. The third-order valence-electron chi connectivity index (χ3n) is 5.07. The van der Waals surface area contributed by atoms with Crippen LogP contribution in [0.2, 0.25) is 0 Å². The number of aromatic nitrogens is 2. The van der Waals surface area contributed by atoms with Crippen LogP contribution in [0.4, 0.5) is 0 Å². The predicted molar refractivity (Wildman–Crippen MR) is 93.6 cm³/mol. The highest BCUT2D eigenvalue weighted by molar-refractivity contribution is 5.88. The predicted octanol–water partition coefficient (Wildman–Crippen LogP) is 2.86. The van der Waals surface area contributed by atoms with Gasteiger partial charge in [0.1, 0.15) is 5.56 Å². The van der Waals surface area contributed by atoms with Gasteiger partial charge in [-0.2, -0.15) is 5.10 Å². The summed E-state index contributed by atoms with van der Waals surface area (Å²) in [7, 11) is 0. The molecule has 0 bridgehead atoms. The molecule has 25 heavy (non-hydrogen) atoms. The number of likely N-dealkylation sites (tertiary alicyclic amines) is 1. The van der Waals surface area contributed by atoms with Crippen LogP contribution in [0.25, 0.3) is 0 Å². The lowest BCUT2D eigenvalue weighted by Gasteiger charge is -2.34. The molecular formula is C19H23N3O3. The van der Waals surface area contributed by atoms with E-state index in [9.17, 15) is 9.59 Å². The molecule has 6 heteroatoms. The average Bonchev–Trinajstić information content (AvgIpc) is 3.03. The van der Waals surface area contributed by atoms with Gasteiger partial charge in [-0.3, -0.25) is 9.48 Å². The molecule has 1 amide bonds. The Morgan fingerprint density at radius 2 is 1.84 bits per heavy atom. The summed E-state index contributed by atoms with van der Waals surface area (Å²) in [6, 6.07) is 9.96. The van der Waals surface area contributed by atoms with Gasteiger partial charge in [-0.15, -0.1) is 0 Å². The van der Waals surface area contributed by atoms with Gasteiger partial charge in [-0.25, -0.2) is 4.79 Å². The Balaban J connectivity index is 1.64. The zero-order valence-electron chi connectivity index (χ0n) is 14.6. The van der Waals surface area contributed by atoms with Crippen LogP contribution in [0.15, 0.2) is 36.5 Å². The summed E-state index contributed by atoms with van der Waals surface area (Å²) in [4.78, 5) is 25.8. The van der Waals surface area contributed by atoms with E-state index in [0.717, 1.165) is 18.4 Å². The van der Waals surface area contributed by atoms with Crippen molar-refractivity contribution in [2.75, 3.05) is 13.1 Å². The van der Waals surface area contributed by atoms with Crippen LogP contribution in [0.5, 0.6) is 0 Å². The van der Waals surface area contributed by atoms with Crippen molar-refractivity contribution in [1.82, 2.24) is 14.7 Å². The summed E-state index contributed by atoms with van der Waals surface area (Å²) in [6.07, 6.45) is 2.98. The first-order chi connectivity index (χ1) is 12.0. The van der Waals surface area contributed by atoms with Gasteiger partial charge >= 0.3 is 5.97 Å². The smallest absolute Gasteiger partial charge is 0.339 e. The first kappa shape index (κ1) is 17.2. The molecule has 2 heterocycles. The molecule has 1 saturated heterocycles. The highest BCUT2D eigenvalue weighted by atomic mass is 16.4. The molecule has 1 fully saturated rings. The van der Waals surface area contributed by atoms with Gasteiger partial charge < -0.3 is 10.0 Å². The molecule has 0 saturated carbocycles. The number of benzene rings is 1. The van der Waals surface area contributed by atoms with Crippen LogP contribution in [-0.2, 0) is 4.79 Å². The molecule has 1 N–H and O–H groups in total. The van der Waals surface area contributed by atoms with Crippen LogP contribution in [0, 0.1) is 6.92 Å². The number of rotatable bonds is 4. The van der Waals surface area contributed by atoms with Gasteiger partial charge in [-0.05, 0) is 32.3 Å². The van der Waals surface area contributed by atoms with E-state index in [1.54, 1.807) is 11.6 Å². The van der Waals surface area contributed by atoms with E-state index < -0.39 is 5.97 Å². The second-order valence-electron chi connectivity index (χ2n) is 6.58. The van der Waals surface area contributed by atoms with Gasteiger partial charge in [-0.1, -0.05) is 30.3 Å². The van der Waals surface area contributed by atoms with E-state index in [0.29, 0.717) is 18.8 Å². The molecule has 0 radical (unpaired) electrons. The summed E-state index contributed by atoms with van der Waals surface area (Å²) >= 11 is 0. The van der Waals surface area contributed by atoms with E-state index in [4.69, 9.17) is 5.11 Å². The maximum Gasteiger partial charge on any atom is 0.339 e. The van der Waals surface area contributed by atoms with E-state index in [-0.39, 0.29) is 23.4 Å². The molecule has 3 rings (SSSR count). The molecule has 0 spiro atoms. The zero-order valence-corrected chi connectivity index (χ0v) is 14.6. The minimum Gasteiger partial charge on any atom is -0.478 e. The van der Waals surface area contributed by atoms with E-state index >= 15 is 0 Å². The average molecular weight is 341 g/mol. The molecule has 6 nitrogen and oxygen atoms in total. The van der Waals surface area contributed by atoms with Crippen LogP contribution in [0.1, 0.15) is 53.3 Å². The Morgan fingerprint density at radius 1 is 1.20 bits per heavy atom. The number of carboxylic acids is 1. The maximum absolute atomic E-state index is 12.7. The fourth-order valence-corrected chi connectivity index (χ4v) is 3.49. The molecular weight excluding hydrogens is 318 g/mol. The maximum atomic E-state index is 12.7. The van der Waals surface area contributed by atoms with Crippen molar-refractivity contribution in [2.24, 2.45) is 0 Å². The highest BCUT2D eigenvalue weighted by Gasteiger charge is 2.29. The SMILES string of the molecule is Cc1c(C(=O)O)cnn1C1CCN(C(=O)[C@@H](C)c2ccccc2)CC1. The second-order valence-corrected chi connectivity index (χ2v) is 6.58. The van der Waals surface area contributed by atoms with Gasteiger partial charge in [0, 0.05) is 13.1 Å². The Morgan fingerprint density at radius 3 is 2.40 bits per heavy atom. The lowest BCUT2D eigenvalue weighted by molar-refractivity contribution is -0.133. The van der Waals surface area contributed by atoms with Crippen LogP contribution in [0.3, 0.4) is 0 Å².